The molecule has 1 N–H and O–H groups in total. The lowest BCUT2D eigenvalue weighted by atomic mass is 9.46. The minimum atomic E-state index is 0.138. The number of allylic oxidation sites excluding steroid dienone is 3. The summed E-state index contributed by atoms with van der Waals surface area (Å²) >= 11 is 0. The average Bonchev–Trinajstić information content (AvgIpc) is 3.32. The van der Waals surface area contributed by atoms with Crippen molar-refractivity contribution in [2.45, 2.75) is 72.1 Å². The van der Waals surface area contributed by atoms with Gasteiger partial charge in [-0.25, -0.2) is 4.98 Å². The smallest absolute Gasteiger partial charge is 0.243 e. The number of unbranched alkanes of at least 4 members (excludes halogenated alkanes) is 1. The molecule has 2 fully saturated rings. The number of rotatable bonds is 4. The van der Waals surface area contributed by atoms with Crippen LogP contribution < -0.4 is 5.32 Å². The van der Waals surface area contributed by atoms with Crippen molar-refractivity contribution in [3.8, 4) is 0 Å². The highest BCUT2D eigenvalue weighted by Crippen LogP contribution is 2.66. The largest absolute Gasteiger partial charge is 0.353 e. The van der Waals surface area contributed by atoms with Crippen molar-refractivity contribution in [3.05, 3.63) is 36.4 Å². The van der Waals surface area contributed by atoms with E-state index in [9.17, 15) is 4.79 Å². The molecule has 6 unspecified atom stereocenters. The fourth-order valence-corrected chi connectivity index (χ4v) is 7.86. The van der Waals surface area contributed by atoms with Crippen LogP contribution in [0.5, 0.6) is 0 Å². The van der Waals surface area contributed by atoms with Crippen molar-refractivity contribution >= 4 is 11.6 Å². The maximum Gasteiger partial charge on any atom is 0.243 e. The lowest BCUT2D eigenvalue weighted by Gasteiger charge is -2.58. The Kier molecular flexibility index (Phi) is 4.95. The zero-order valence-corrected chi connectivity index (χ0v) is 18.9. The molecule has 1 aromatic heterocycles. The number of nitrogens with one attached hydrogen (secondary N) is 1. The lowest BCUT2D eigenvalue weighted by molar-refractivity contribution is -0.116. The van der Waals surface area contributed by atoms with Crippen LogP contribution in [0.3, 0.4) is 0 Å². The standard InChI is InChI=1S/C26H37N3O/c1-4-5-6-18-15-19-20-7-8-23(29-14-13-27-17-29)26(20,3)10-9-21(19)25(2)11-12-28-24(30)16-22(18)25/h8,13-14,16-21H,4-7,9-12,15H2,1-3H3,(H,28,30). The summed E-state index contributed by atoms with van der Waals surface area (Å²) < 4.78 is 2.26. The van der Waals surface area contributed by atoms with Crippen LogP contribution in [0.2, 0.25) is 0 Å². The third kappa shape index (κ3) is 2.93. The molecule has 0 aromatic carbocycles. The normalized spacial score (nSPS) is 40.4. The van der Waals surface area contributed by atoms with E-state index in [0.29, 0.717) is 17.8 Å². The first-order valence-electron chi connectivity index (χ1n) is 12.2. The summed E-state index contributed by atoms with van der Waals surface area (Å²) in [5, 5.41) is 3.14. The van der Waals surface area contributed by atoms with Gasteiger partial charge in [0, 0.05) is 36.1 Å². The Labute approximate surface area is 181 Å². The van der Waals surface area contributed by atoms with Crippen LogP contribution in [-0.4, -0.2) is 22.0 Å². The van der Waals surface area contributed by atoms with E-state index >= 15 is 0 Å². The first-order chi connectivity index (χ1) is 14.5. The molecule has 4 aliphatic rings. The highest BCUT2D eigenvalue weighted by Gasteiger charge is 2.58. The first kappa shape index (κ1) is 20.1. The molecule has 5 rings (SSSR count). The maximum atomic E-state index is 12.5. The summed E-state index contributed by atoms with van der Waals surface area (Å²) in [5.74, 6) is 2.86. The molecule has 0 spiro atoms. The molecular formula is C26H37N3O. The molecule has 2 saturated carbocycles. The van der Waals surface area contributed by atoms with E-state index in [1.807, 2.05) is 18.6 Å². The van der Waals surface area contributed by atoms with Gasteiger partial charge < -0.3 is 9.88 Å². The van der Waals surface area contributed by atoms with Gasteiger partial charge in [0.2, 0.25) is 5.91 Å². The number of imidazole rings is 1. The quantitative estimate of drug-likeness (QED) is 0.722. The van der Waals surface area contributed by atoms with E-state index in [1.165, 1.54) is 56.2 Å². The van der Waals surface area contributed by atoms with E-state index in [1.54, 1.807) is 0 Å². The Hall–Kier alpha value is -1.84. The molecular weight excluding hydrogens is 370 g/mol. The van der Waals surface area contributed by atoms with Crippen LogP contribution in [0, 0.1) is 34.5 Å². The number of aromatic nitrogens is 2. The molecule has 1 aromatic rings. The monoisotopic (exact) mass is 407 g/mol. The highest BCUT2D eigenvalue weighted by atomic mass is 16.1. The van der Waals surface area contributed by atoms with Crippen LogP contribution in [0.25, 0.3) is 5.70 Å². The molecule has 1 aliphatic heterocycles. The third-order valence-corrected chi connectivity index (χ3v) is 9.37. The van der Waals surface area contributed by atoms with Gasteiger partial charge in [-0.1, -0.05) is 45.3 Å². The van der Waals surface area contributed by atoms with Gasteiger partial charge in [0.15, 0.2) is 0 Å². The van der Waals surface area contributed by atoms with Gasteiger partial charge in [0.25, 0.3) is 0 Å². The van der Waals surface area contributed by atoms with Gasteiger partial charge in [-0.2, -0.15) is 0 Å². The van der Waals surface area contributed by atoms with Crippen LogP contribution in [0.4, 0.5) is 0 Å². The first-order valence-corrected chi connectivity index (χ1v) is 12.2. The Balaban J connectivity index is 1.51. The van der Waals surface area contributed by atoms with Crippen molar-refractivity contribution in [2.24, 2.45) is 34.5 Å². The zero-order valence-electron chi connectivity index (χ0n) is 18.9. The fourth-order valence-electron chi connectivity index (χ4n) is 7.86. The number of hydrogen-bond acceptors (Lipinski definition) is 2. The number of amides is 1. The number of carbonyl (C=O) groups is 1. The van der Waals surface area contributed by atoms with E-state index in [2.05, 4.69) is 47.9 Å². The summed E-state index contributed by atoms with van der Waals surface area (Å²) in [6, 6.07) is 0. The van der Waals surface area contributed by atoms with E-state index < -0.39 is 0 Å². The lowest BCUT2D eigenvalue weighted by Crippen LogP contribution is -2.51. The molecule has 0 saturated heterocycles. The molecule has 0 bridgehead atoms. The second kappa shape index (κ2) is 7.39. The van der Waals surface area contributed by atoms with Crippen molar-refractivity contribution in [3.63, 3.8) is 0 Å². The summed E-state index contributed by atoms with van der Waals surface area (Å²) in [6.45, 7) is 8.12. The van der Waals surface area contributed by atoms with Crippen LogP contribution in [0.1, 0.15) is 72.1 Å². The molecule has 1 amide bonds. The van der Waals surface area contributed by atoms with Crippen molar-refractivity contribution in [2.75, 3.05) is 6.54 Å². The van der Waals surface area contributed by atoms with Crippen molar-refractivity contribution in [1.29, 1.82) is 0 Å². The minimum absolute atomic E-state index is 0.138. The summed E-state index contributed by atoms with van der Waals surface area (Å²) in [4.78, 5) is 16.8. The molecule has 4 heteroatoms. The SMILES string of the molecule is CCCCC1CC2C(CCC3(C)C(n4ccnc4)=CCC23)C2(C)CCNC(=O)C=C12. The molecule has 4 nitrogen and oxygen atoms in total. The maximum absolute atomic E-state index is 12.5. The number of fused-ring (bicyclic) bond motifs is 5. The van der Waals surface area contributed by atoms with Gasteiger partial charge in [-0.15, -0.1) is 0 Å². The molecule has 30 heavy (non-hydrogen) atoms. The molecule has 162 valence electrons. The van der Waals surface area contributed by atoms with Crippen molar-refractivity contribution < 1.29 is 4.79 Å². The Bertz CT molecular complexity index is 869. The molecule has 3 aliphatic carbocycles. The number of hydrogen-bond donors (Lipinski definition) is 1. The Morgan fingerprint density at radius 2 is 2.10 bits per heavy atom. The third-order valence-electron chi connectivity index (χ3n) is 9.37. The average molecular weight is 408 g/mol. The number of nitrogens with zero attached hydrogens (tertiary/aromatic N) is 2. The minimum Gasteiger partial charge on any atom is -0.353 e. The molecule has 6 atom stereocenters. The zero-order chi connectivity index (χ0) is 20.9. The van der Waals surface area contributed by atoms with Gasteiger partial charge in [-0.3, -0.25) is 4.79 Å². The molecule has 0 radical (unpaired) electrons. The number of carbonyl (C=O) groups excluding carboxylic acids is 1. The topological polar surface area (TPSA) is 46.9 Å². The van der Waals surface area contributed by atoms with E-state index in [0.717, 1.165) is 18.9 Å². The second-order valence-corrected chi connectivity index (χ2v) is 10.8. The Morgan fingerprint density at radius 1 is 1.23 bits per heavy atom. The van der Waals surface area contributed by atoms with Crippen molar-refractivity contribution in [1.82, 2.24) is 14.9 Å². The van der Waals surface area contributed by atoms with E-state index in [-0.39, 0.29) is 16.7 Å². The van der Waals surface area contributed by atoms with Crippen LogP contribution in [-0.2, 0) is 4.79 Å². The van der Waals surface area contributed by atoms with Gasteiger partial charge >= 0.3 is 0 Å². The van der Waals surface area contributed by atoms with Gasteiger partial charge in [0.05, 0.1) is 6.33 Å². The van der Waals surface area contributed by atoms with Gasteiger partial charge in [-0.05, 0) is 67.6 Å². The van der Waals surface area contributed by atoms with E-state index in [4.69, 9.17) is 0 Å². The second-order valence-electron chi connectivity index (χ2n) is 10.8. The molecule has 2 heterocycles. The highest BCUT2D eigenvalue weighted by molar-refractivity contribution is 5.89. The van der Waals surface area contributed by atoms with Gasteiger partial charge in [0.1, 0.15) is 0 Å². The predicted octanol–water partition coefficient (Wildman–Crippen LogP) is 5.44. The fraction of sp³-hybridized carbons (Fsp3) is 0.692. The Morgan fingerprint density at radius 3 is 2.87 bits per heavy atom. The predicted molar refractivity (Wildman–Crippen MR) is 120 cm³/mol. The van der Waals surface area contributed by atoms with Crippen LogP contribution in [0.15, 0.2) is 36.4 Å². The van der Waals surface area contributed by atoms with Crippen LogP contribution >= 0.6 is 0 Å². The summed E-state index contributed by atoms with van der Waals surface area (Å²) in [6.07, 6.45) is 20.3. The summed E-state index contributed by atoms with van der Waals surface area (Å²) in [5.41, 5.74) is 3.36. The summed E-state index contributed by atoms with van der Waals surface area (Å²) in [7, 11) is 0.